The highest BCUT2D eigenvalue weighted by atomic mass is 35.5. The number of nitro benzene ring substituents is 1. The van der Waals surface area contributed by atoms with Crippen molar-refractivity contribution in [2.45, 2.75) is 0 Å². The summed E-state index contributed by atoms with van der Waals surface area (Å²) in [5, 5.41) is 12.2. The monoisotopic (exact) mass is 485 g/mol. The van der Waals surface area contributed by atoms with E-state index in [4.69, 9.17) is 28.2 Å². The quantitative estimate of drug-likeness (QED) is 0.186. The Morgan fingerprint density at radius 1 is 0.765 bits per heavy atom. The Kier molecular flexibility index (Phi) is 5.88. The third kappa shape index (κ3) is 4.07. The molecule has 0 saturated heterocycles. The zero-order chi connectivity index (χ0) is 23.7. The third-order valence-corrected chi connectivity index (χ3v) is 6.01. The Balaban J connectivity index is 1.87. The van der Waals surface area contributed by atoms with Gasteiger partial charge in [-0.15, -0.1) is 0 Å². The predicted octanol–water partition coefficient (Wildman–Crippen LogP) is 8.09. The standard InChI is InChI=1S/C27H17Cl2N3O2/c28-20-11-16-23(24(29)17-20)27-30-25(18-7-3-1-4-8-18)26(19-9-5-2-6-10-19)31(27)21-12-14-22(15-13-21)32(33)34/h1-17H. The lowest BCUT2D eigenvalue weighted by molar-refractivity contribution is -0.384. The molecular weight excluding hydrogens is 469 g/mol. The van der Waals surface area contributed by atoms with Crippen LogP contribution in [0.5, 0.6) is 0 Å². The van der Waals surface area contributed by atoms with Gasteiger partial charge in [-0.1, -0.05) is 83.9 Å². The molecule has 0 amide bonds. The van der Waals surface area contributed by atoms with Crippen molar-refractivity contribution in [3.63, 3.8) is 0 Å². The molecule has 0 radical (unpaired) electrons. The van der Waals surface area contributed by atoms with Crippen molar-refractivity contribution in [1.82, 2.24) is 9.55 Å². The number of halogens is 2. The summed E-state index contributed by atoms with van der Waals surface area (Å²) >= 11 is 12.8. The van der Waals surface area contributed by atoms with E-state index in [9.17, 15) is 10.1 Å². The summed E-state index contributed by atoms with van der Waals surface area (Å²) in [5.41, 5.74) is 4.94. The second-order valence-corrected chi connectivity index (χ2v) is 8.44. The molecule has 1 aromatic heterocycles. The van der Waals surface area contributed by atoms with Gasteiger partial charge in [-0.3, -0.25) is 14.7 Å². The molecule has 0 unspecified atom stereocenters. The number of hydrogen-bond donors (Lipinski definition) is 0. The van der Waals surface area contributed by atoms with Crippen molar-refractivity contribution in [3.8, 4) is 39.6 Å². The van der Waals surface area contributed by atoms with Gasteiger partial charge in [0.25, 0.3) is 5.69 Å². The Labute approximate surface area is 206 Å². The van der Waals surface area contributed by atoms with Gasteiger partial charge in [0.05, 0.1) is 21.3 Å². The molecule has 34 heavy (non-hydrogen) atoms. The SMILES string of the molecule is O=[N+]([O-])c1ccc(-n2c(-c3ccc(Cl)cc3Cl)nc(-c3ccccc3)c2-c2ccccc2)cc1. The van der Waals surface area contributed by atoms with E-state index in [1.165, 1.54) is 12.1 Å². The van der Waals surface area contributed by atoms with E-state index in [2.05, 4.69) is 0 Å². The molecular formula is C27H17Cl2N3O2. The summed E-state index contributed by atoms with van der Waals surface area (Å²) in [4.78, 5) is 15.9. The van der Waals surface area contributed by atoms with Gasteiger partial charge in [-0.2, -0.15) is 0 Å². The lowest BCUT2D eigenvalue weighted by atomic mass is 10.0. The summed E-state index contributed by atoms with van der Waals surface area (Å²) in [6.45, 7) is 0. The fourth-order valence-electron chi connectivity index (χ4n) is 3.91. The van der Waals surface area contributed by atoms with E-state index >= 15 is 0 Å². The zero-order valence-corrected chi connectivity index (χ0v) is 19.2. The van der Waals surface area contributed by atoms with Crippen LogP contribution in [-0.2, 0) is 0 Å². The summed E-state index contributed by atoms with van der Waals surface area (Å²) in [6, 6.07) is 31.5. The van der Waals surface area contributed by atoms with E-state index in [1.54, 1.807) is 24.3 Å². The van der Waals surface area contributed by atoms with Crippen molar-refractivity contribution in [3.05, 3.63) is 123 Å². The van der Waals surface area contributed by atoms with Gasteiger partial charge >= 0.3 is 0 Å². The number of non-ortho nitro benzene ring substituents is 1. The summed E-state index contributed by atoms with van der Waals surface area (Å²) < 4.78 is 1.98. The van der Waals surface area contributed by atoms with Gasteiger partial charge in [-0.25, -0.2) is 4.98 Å². The molecule has 0 atom stereocenters. The molecule has 5 aromatic rings. The Morgan fingerprint density at radius 3 is 1.97 bits per heavy atom. The van der Waals surface area contributed by atoms with Crippen molar-refractivity contribution in [1.29, 1.82) is 0 Å². The van der Waals surface area contributed by atoms with E-state index in [0.717, 1.165) is 28.2 Å². The number of nitrogens with zero attached hydrogens (tertiary/aromatic N) is 3. The van der Waals surface area contributed by atoms with Crippen LogP contribution in [0.15, 0.2) is 103 Å². The summed E-state index contributed by atoms with van der Waals surface area (Å²) in [7, 11) is 0. The average Bonchev–Trinajstić information content (AvgIpc) is 3.25. The van der Waals surface area contributed by atoms with Crippen LogP contribution >= 0.6 is 23.2 Å². The van der Waals surface area contributed by atoms with Crippen LogP contribution < -0.4 is 0 Å². The lowest BCUT2D eigenvalue weighted by Crippen LogP contribution is -2.01. The first kappa shape index (κ1) is 21.9. The van der Waals surface area contributed by atoms with Gasteiger partial charge in [0.2, 0.25) is 0 Å². The minimum absolute atomic E-state index is 0.0134. The molecule has 0 aliphatic heterocycles. The van der Waals surface area contributed by atoms with Crippen LogP contribution in [-0.4, -0.2) is 14.5 Å². The van der Waals surface area contributed by atoms with Crippen LogP contribution in [0.4, 0.5) is 5.69 Å². The van der Waals surface area contributed by atoms with Crippen molar-refractivity contribution in [2.75, 3.05) is 0 Å². The average molecular weight is 486 g/mol. The maximum atomic E-state index is 11.2. The normalized spacial score (nSPS) is 10.9. The molecule has 7 heteroatoms. The Morgan fingerprint density at radius 2 is 1.38 bits per heavy atom. The van der Waals surface area contributed by atoms with Crippen LogP contribution in [0.2, 0.25) is 10.0 Å². The number of hydrogen-bond acceptors (Lipinski definition) is 3. The van der Waals surface area contributed by atoms with E-state index in [-0.39, 0.29) is 5.69 Å². The van der Waals surface area contributed by atoms with Crippen LogP contribution in [0, 0.1) is 10.1 Å². The van der Waals surface area contributed by atoms with Crippen LogP contribution in [0.1, 0.15) is 0 Å². The molecule has 0 bridgehead atoms. The van der Waals surface area contributed by atoms with E-state index < -0.39 is 4.92 Å². The molecule has 5 nitrogen and oxygen atoms in total. The highest BCUT2D eigenvalue weighted by Crippen LogP contribution is 2.40. The molecule has 0 fully saturated rings. The number of imidazole rings is 1. The highest BCUT2D eigenvalue weighted by Gasteiger charge is 2.24. The van der Waals surface area contributed by atoms with Gasteiger partial charge in [0.1, 0.15) is 5.82 Å². The third-order valence-electron chi connectivity index (χ3n) is 5.46. The molecule has 0 aliphatic rings. The van der Waals surface area contributed by atoms with Gasteiger partial charge in [0.15, 0.2) is 0 Å². The smallest absolute Gasteiger partial charge is 0.269 e. The topological polar surface area (TPSA) is 61.0 Å². The Bertz CT molecular complexity index is 1480. The number of rotatable bonds is 5. The number of aromatic nitrogens is 2. The maximum Gasteiger partial charge on any atom is 0.269 e. The van der Waals surface area contributed by atoms with Crippen molar-refractivity contribution in [2.24, 2.45) is 0 Å². The lowest BCUT2D eigenvalue weighted by Gasteiger charge is -2.14. The molecule has 0 spiro atoms. The minimum atomic E-state index is -0.415. The molecule has 1 heterocycles. The summed E-state index contributed by atoms with van der Waals surface area (Å²) in [6.07, 6.45) is 0. The molecule has 0 aliphatic carbocycles. The van der Waals surface area contributed by atoms with Crippen LogP contribution in [0.3, 0.4) is 0 Å². The van der Waals surface area contributed by atoms with Crippen molar-refractivity contribution >= 4 is 28.9 Å². The predicted molar refractivity (Wildman–Crippen MR) is 137 cm³/mol. The number of benzene rings is 4. The fourth-order valence-corrected chi connectivity index (χ4v) is 4.40. The van der Waals surface area contributed by atoms with E-state index in [0.29, 0.717) is 21.4 Å². The fraction of sp³-hybridized carbons (Fsp3) is 0. The second kappa shape index (κ2) is 9.14. The first-order valence-corrected chi connectivity index (χ1v) is 11.2. The van der Waals surface area contributed by atoms with Gasteiger partial charge in [0, 0.05) is 39.5 Å². The largest absolute Gasteiger partial charge is 0.292 e. The van der Waals surface area contributed by atoms with E-state index in [1.807, 2.05) is 71.3 Å². The Hall–Kier alpha value is -3.93. The molecule has 0 N–H and O–H groups in total. The molecule has 0 saturated carbocycles. The second-order valence-electron chi connectivity index (χ2n) is 7.60. The highest BCUT2D eigenvalue weighted by molar-refractivity contribution is 6.36. The van der Waals surface area contributed by atoms with Gasteiger partial charge in [-0.05, 0) is 30.3 Å². The first-order valence-electron chi connectivity index (χ1n) is 10.5. The minimum Gasteiger partial charge on any atom is -0.292 e. The van der Waals surface area contributed by atoms with Crippen molar-refractivity contribution < 1.29 is 4.92 Å². The maximum absolute atomic E-state index is 11.2. The zero-order valence-electron chi connectivity index (χ0n) is 17.7. The molecule has 4 aromatic carbocycles. The molecule has 166 valence electrons. The number of nitro groups is 1. The summed E-state index contributed by atoms with van der Waals surface area (Å²) in [5.74, 6) is 0.605. The molecule has 5 rings (SSSR count). The first-order chi connectivity index (χ1) is 16.5. The van der Waals surface area contributed by atoms with Crippen LogP contribution in [0.25, 0.3) is 39.6 Å². The van der Waals surface area contributed by atoms with Gasteiger partial charge < -0.3 is 0 Å².